The number of ether oxygens (including phenoxy) is 6. The van der Waals surface area contributed by atoms with Crippen molar-refractivity contribution in [2.45, 2.75) is 138 Å². The lowest BCUT2D eigenvalue weighted by molar-refractivity contribution is -0.352. The lowest BCUT2D eigenvalue weighted by Gasteiger charge is -2.49. The molecule has 14 N–H and O–H groups in total. The topological polar surface area (TPSA) is 331 Å². The van der Waals surface area contributed by atoms with Crippen LogP contribution in [0, 0.1) is 5.92 Å². The van der Waals surface area contributed by atoms with Crippen molar-refractivity contribution in [3.63, 3.8) is 0 Å². The fourth-order valence-electron chi connectivity index (χ4n) is 6.00. The number of amides is 1. The van der Waals surface area contributed by atoms with Crippen LogP contribution in [0.15, 0.2) is 0 Å². The van der Waals surface area contributed by atoms with Gasteiger partial charge in [-0.15, -0.1) is 0 Å². The van der Waals surface area contributed by atoms with E-state index in [4.69, 9.17) is 40.6 Å². The molecule has 0 saturated carbocycles. The number of thioether (sulfide) groups is 1. The molecular weight excluding hydrogens is 766 g/mol. The summed E-state index contributed by atoms with van der Waals surface area (Å²) in [4.78, 5) is 12.6. The minimum absolute atomic E-state index is 0.0154. The largest absolute Gasteiger partial charge is 0.394 e. The maximum absolute atomic E-state index is 12.6. The zero-order chi connectivity index (χ0) is 40.4. The molecule has 0 bridgehead atoms. The van der Waals surface area contributed by atoms with E-state index in [2.05, 4.69) is 16.0 Å². The maximum Gasteiger partial charge on any atom is 0.217 e. The fraction of sp³-hybridized carbons (Fsp3) is 0.935. The molecule has 0 aromatic carbocycles. The van der Waals surface area contributed by atoms with Crippen LogP contribution < -0.4 is 16.0 Å². The number of carbonyl (C=O) groups excluding carboxylic acids is 1. The smallest absolute Gasteiger partial charge is 0.217 e. The van der Waals surface area contributed by atoms with Crippen molar-refractivity contribution in [3.05, 3.63) is 0 Å². The Hall–Kier alpha value is -1.17. The highest BCUT2D eigenvalue weighted by atomic mass is 32.2. The molecule has 23 heteroatoms. The Kier molecular flexibility index (Phi) is 19.3. The second-order valence-electron chi connectivity index (χ2n) is 13.5. The van der Waals surface area contributed by atoms with Crippen molar-refractivity contribution in [3.8, 4) is 0 Å². The van der Waals surface area contributed by atoms with Crippen LogP contribution in [0.3, 0.4) is 0 Å². The number of thiocarbonyl (C=S) groups is 1. The van der Waals surface area contributed by atoms with Crippen LogP contribution in [0.25, 0.3) is 0 Å². The van der Waals surface area contributed by atoms with Crippen LogP contribution in [0.2, 0.25) is 0 Å². The van der Waals surface area contributed by atoms with Crippen LogP contribution in [0.1, 0.15) is 27.7 Å². The molecule has 11 unspecified atom stereocenters. The van der Waals surface area contributed by atoms with E-state index in [1.807, 2.05) is 0 Å². The molecule has 0 aliphatic carbocycles. The van der Waals surface area contributed by atoms with E-state index in [0.717, 1.165) is 0 Å². The van der Waals surface area contributed by atoms with Gasteiger partial charge in [0.1, 0.15) is 61.0 Å². The molecule has 3 fully saturated rings. The van der Waals surface area contributed by atoms with Gasteiger partial charge in [-0.1, -0.05) is 6.92 Å². The summed E-state index contributed by atoms with van der Waals surface area (Å²) in [7, 11) is 0. The second kappa shape index (κ2) is 22.1. The molecule has 19 atom stereocenters. The molecule has 0 aromatic rings. The lowest BCUT2D eigenvalue weighted by Crippen LogP contribution is -2.71. The van der Waals surface area contributed by atoms with Crippen molar-refractivity contribution < 1.29 is 89.4 Å². The molecule has 3 heterocycles. The first-order valence-corrected chi connectivity index (χ1v) is 19.1. The molecule has 3 saturated heterocycles. The van der Waals surface area contributed by atoms with E-state index in [1.165, 1.54) is 32.5 Å². The number of nitrogens with one attached hydrogen (secondary N) is 3. The Balaban J connectivity index is 1.84. The zero-order valence-electron chi connectivity index (χ0n) is 30.3. The van der Waals surface area contributed by atoms with E-state index in [-0.39, 0.29) is 11.7 Å². The highest BCUT2D eigenvalue weighted by Crippen LogP contribution is 2.32. The Morgan fingerprint density at radius 3 is 2.11 bits per heavy atom. The molecule has 0 radical (unpaired) electrons. The fourth-order valence-corrected chi connectivity index (χ4v) is 7.25. The Morgan fingerprint density at radius 1 is 0.852 bits per heavy atom. The summed E-state index contributed by atoms with van der Waals surface area (Å²) < 4.78 is 34.9. The van der Waals surface area contributed by atoms with Crippen molar-refractivity contribution in [2.75, 3.05) is 37.9 Å². The van der Waals surface area contributed by atoms with Gasteiger partial charge in [0.2, 0.25) is 5.91 Å². The normalized spacial score (nSPS) is 39.6. The minimum atomic E-state index is -1.90. The quantitative estimate of drug-likeness (QED) is 0.0347. The predicted octanol–water partition coefficient (Wildman–Crippen LogP) is -6.48. The summed E-state index contributed by atoms with van der Waals surface area (Å²) in [5.74, 6) is -0.220. The van der Waals surface area contributed by atoms with Gasteiger partial charge in [0, 0.05) is 30.9 Å². The van der Waals surface area contributed by atoms with E-state index in [1.54, 1.807) is 6.92 Å². The number of rotatable bonds is 18. The highest BCUT2D eigenvalue weighted by Gasteiger charge is 2.53. The molecule has 316 valence electrons. The van der Waals surface area contributed by atoms with Gasteiger partial charge in [-0.2, -0.15) is 11.8 Å². The summed E-state index contributed by atoms with van der Waals surface area (Å²) in [6.45, 7) is 3.75. The second-order valence-corrected chi connectivity index (χ2v) is 15.1. The van der Waals surface area contributed by atoms with E-state index in [9.17, 15) is 61.0 Å². The van der Waals surface area contributed by atoms with E-state index < -0.39 is 142 Å². The molecule has 3 aliphatic heterocycles. The SMILES string of the molecule is CC(=O)NC1C(O[C@H](OC(C)CO)C(O)[C@H](C)O)[C@H](O[C@@H]2OC(CO)[C@H](O)C(O)C2O)C(CO)O[C@H]1NC(=S)NCCSCC1O[C@H](O)C(O)[C@H](O)C1C. The number of carbonyl (C=O) groups is 1. The van der Waals surface area contributed by atoms with Crippen LogP contribution in [0.5, 0.6) is 0 Å². The Labute approximate surface area is 321 Å². The lowest BCUT2D eigenvalue weighted by atomic mass is 9.92. The highest BCUT2D eigenvalue weighted by molar-refractivity contribution is 7.99. The van der Waals surface area contributed by atoms with Gasteiger partial charge in [0.15, 0.2) is 30.2 Å². The van der Waals surface area contributed by atoms with Gasteiger partial charge < -0.3 is 101 Å². The first-order valence-electron chi connectivity index (χ1n) is 17.5. The Bertz CT molecular complexity index is 1150. The predicted molar refractivity (Wildman–Crippen MR) is 189 cm³/mol. The van der Waals surface area contributed by atoms with Gasteiger partial charge >= 0.3 is 0 Å². The summed E-state index contributed by atoms with van der Waals surface area (Å²) in [5, 5.41) is 121. The monoisotopic (exact) mass is 823 g/mol. The van der Waals surface area contributed by atoms with Gasteiger partial charge in [-0.3, -0.25) is 4.79 Å². The van der Waals surface area contributed by atoms with Crippen molar-refractivity contribution in [2.24, 2.45) is 5.92 Å². The standard InChI is InChI=1S/C31H57N3O18S2/c1-11(7-35)47-29(20(41)13(3)38)52-26-18(33-14(4)39)27(34-31(53)32-5-6-54-10-17-12(2)19(40)23(44)28(46)49-17)48-16(9-37)25(26)51-30-24(45)22(43)21(42)15(8-36)50-30/h11-13,15-30,35-38,40-46H,5-10H2,1-4H3,(H,33,39)(H2,32,34,53)/t11?,12?,13-,15?,16?,17?,18?,19+,20?,21-,22?,23?,24?,25+,26?,27+,28-,29-,30-/m0/s1. The van der Waals surface area contributed by atoms with E-state index in [0.29, 0.717) is 11.5 Å². The van der Waals surface area contributed by atoms with Crippen molar-refractivity contribution in [1.82, 2.24) is 16.0 Å². The number of aliphatic hydroxyl groups is 11. The van der Waals surface area contributed by atoms with Crippen LogP contribution in [-0.2, 0) is 33.2 Å². The third-order valence-corrected chi connectivity index (χ3v) is 10.6. The molecule has 54 heavy (non-hydrogen) atoms. The van der Waals surface area contributed by atoms with Gasteiger partial charge in [-0.25, -0.2) is 0 Å². The molecule has 3 aliphatic rings. The van der Waals surface area contributed by atoms with Crippen LogP contribution in [0.4, 0.5) is 0 Å². The third-order valence-electron chi connectivity index (χ3n) is 9.24. The summed E-state index contributed by atoms with van der Waals surface area (Å²) in [6, 6.07) is -1.32. The molecule has 21 nitrogen and oxygen atoms in total. The van der Waals surface area contributed by atoms with Crippen LogP contribution >= 0.6 is 24.0 Å². The number of hydrogen-bond donors (Lipinski definition) is 14. The average Bonchev–Trinajstić information content (AvgIpc) is 3.13. The van der Waals surface area contributed by atoms with Gasteiger partial charge in [0.25, 0.3) is 0 Å². The zero-order valence-corrected chi connectivity index (χ0v) is 31.9. The van der Waals surface area contributed by atoms with Crippen molar-refractivity contribution in [1.29, 1.82) is 0 Å². The molecule has 3 rings (SSSR count). The summed E-state index contributed by atoms with van der Waals surface area (Å²) >= 11 is 6.90. The Morgan fingerprint density at radius 2 is 1.52 bits per heavy atom. The van der Waals surface area contributed by atoms with Gasteiger partial charge in [0.05, 0.1) is 44.2 Å². The van der Waals surface area contributed by atoms with E-state index >= 15 is 0 Å². The molecule has 0 spiro atoms. The summed E-state index contributed by atoms with van der Waals surface area (Å²) in [5.41, 5.74) is 0. The number of hydrogen-bond acceptors (Lipinski definition) is 20. The van der Waals surface area contributed by atoms with Crippen LogP contribution in [-0.4, -0.2) is 216 Å². The average molecular weight is 824 g/mol. The maximum atomic E-state index is 12.6. The third kappa shape index (κ3) is 12.4. The molecule has 0 aromatic heterocycles. The first-order chi connectivity index (χ1) is 25.4. The van der Waals surface area contributed by atoms with Crippen molar-refractivity contribution >= 4 is 35.0 Å². The van der Waals surface area contributed by atoms with Gasteiger partial charge in [-0.05, 0) is 26.1 Å². The first kappa shape index (κ1) is 47.2. The molecule has 1 amide bonds. The minimum Gasteiger partial charge on any atom is -0.394 e. The number of aliphatic hydroxyl groups excluding tert-OH is 11. The summed E-state index contributed by atoms with van der Waals surface area (Å²) in [6.07, 6.45) is -24.8. The molecular formula is C31H57N3O18S2.